The molecule has 6 heteroatoms. The SMILES string of the molecule is CCNC(=NCC1(c2ccccc2)CC1)NCCn1ccnc1.I. The van der Waals surface area contributed by atoms with Crippen molar-refractivity contribution in [3.63, 3.8) is 0 Å². The summed E-state index contributed by atoms with van der Waals surface area (Å²) >= 11 is 0. The van der Waals surface area contributed by atoms with E-state index in [2.05, 4.69) is 57.4 Å². The van der Waals surface area contributed by atoms with Gasteiger partial charge in [-0.15, -0.1) is 24.0 Å². The molecule has 2 N–H and O–H groups in total. The zero-order chi connectivity index (χ0) is 16.0. The molecule has 1 aromatic carbocycles. The van der Waals surface area contributed by atoms with Crippen molar-refractivity contribution in [3.05, 3.63) is 54.6 Å². The molecule has 0 aliphatic heterocycles. The molecule has 0 bridgehead atoms. The van der Waals surface area contributed by atoms with E-state index in [4.69, 9.17) is 4.99 Å². The van der Waals surface area contributed by atoms with Crippen molar-refractivity contribution in [2.45, 2.75) is 31.7 Å². The first-order chi connectivity index (χ1) is 11.3. The van der Waals surface area contributed by atoms with Crippen molar-refractivity contribution < 1.29 is 0 Å². The number of benzene rings is 1. The minimum absolute atomic E-state index is 0. The maximum absolute atomic E-state index is 4.81. The van der Waals surface area contributed by atoms with Crippen molar-refractivity contribution in [3.8, 4) is 0 Å². The molecular formula is C18H26IN5. The molecule has 2 aromatic rings. The van der Waals surface area contributed by atoms with Crippen LogP contribution in [-0.2, 0) is 12.0 Å². The average molecular weight is 439 g/mol. The van der Waals surface area contributed by atoms with Crippen LogP contribution in [0.4, 0.5) is 0 Å². The molecule has 0 atom stereocenters. The van der Waals surface area contributed by atoms with E-state index in [1.807, 2.05) is 12.5 Å². The van der Waals surface area contributed by atoms with Gasteiger partial charge in [0.1, 0.15) is 0 Å². The van der Waals surface area contributed by atoms with E-state index < -0.39 is 0 Å². The Morgan fingerprint density at radius 3 is 2.67 bits per heavy atom. The molecular weight excluding hydrogens is 413 g/mol. The Morgan fingerprint density at radius 2 is 2.04 bits per heavy atom. The van der Waals surface area contributed by atoms with Crippen LogP contribution in [0.1, 0.15) is 25.3 Å². The van der Waals surface area contributed by atoms with Crippen LogP contribution in [0.5, 0.6) is 0 Å². The lowest BCUT2D eigenvalue weighted by Gasteiger charge is -2.16. The summed E-state index contributed by atoms with van der Waals surface area (Å²) in [6, 6.07) is 10.8. The van der Waals surface area contributed by atoms with Gasteiger partial charge in [-0.25, -0.2) is 4.98 Å². The van der Waals surface area contributed by atoms with E-state index in [1.54, 1.807) is 6.20 Å². The standard InChI is InChI=1S/C18H25N5.HI/c1-2-20-17(21-11-13-23-12-10-19-15-23)22-14-18(8-9-18)16-6-4-3-5-7-16;/h3-7,10,12,15H,2,8-9,11,13-14H2,1H3,(H2,20,21,22);1H. The molecule has 1 heterocycles. The number of guanidine groups is 1. The summed E-state index contributed by atoms with van der Waals surface area (Å²) < 4.78 is 2.06. The molecule has 1 aliphatic rings. The molecule has 24 heavy (non-hydrogen) atoms. The molecule has 130 valence electrons. The number of imidazole rings is 1. The van der Waals surface area contributed by atoms with Crippen LogP contribution in [-0.4, -0.2) is 35.1 Å². The van der Waals surface area contributed by atoms with Gasteiger partial charge in [-0.2, -0.15) is 0 Å². The average Bonchev–Trinajstić information content (AvgIpc) is 3.21. The van der Waals surface area contributed by atoms with Gasteiger partial charge in [0, 0.05) is 37.4 Å². The van der Waals surface area contributed by atoms with E-state index in [0.29, 0.717) is 0 Å². The highest BCUT2D eigenvalue weighted by molar-refractivity contribution is 14.0. The first-order valence-electron chi connectivity index (χ1n) is 8.36. The third-order valence-corrected chi connectivity index (χ3v) is 4.35. The number of aromatic nitrogens is 2. The topological polar surface area (TPSA) is 54.2 Å². The number of nitrogens with zero attached hydrogens (tertiary/aromatic N) is 3. The molecule has 0 unspecified atom stereocenters. The molecule has 0 radical (unpaired) electrons. The molecule has 1 saturated carbocycles. The zero-order valence-corrected chi connectivity index (χ0v) is 16.4. The molecule has 0 spiro atoms. The largest absolute Gasteiger partial charge is 0.357 e. The van der Waals surface area contributed by atoms with Gasteiger partial charge < -0.3 is 15.2 Å². The Hall–Kier alpha value is -1.57. The van der Waals surface area contributed by atoms with Crippen LogP contribution in [0.2, 0.25) is 0 Å². The van der Waals surface area contributed by atoms with Crippen molar-refractivity contribution in [2.24, 2.45) is 4.99 Å². The predicted octanol–water partition coefficient (Wildman–Crippen LogP) is 2.79. The molecule has 1 fully saturated rings. The van der Waals surface area contributed by atoms with Crippen LogP contribution < -0.4 is 10.6 Å². The quantitative estimate of drug-likeness (QED) is 0.397. The normalized spacial score (nSPS) is 15.5. The Balaban J connectivity index is 0.00000208. The highest BCUT2D eigenvalue weighted by Gasteiger charge is 2.43. The summed E-state index contributed by atoms with van der Waals surface area (Å²) in [5.74, 6) is 0.898. The molecule has 0 saturated heterocycles. The smallest absolute Gasteiger partial charge is 0.191 e. The van der Waals surface area contributed by atoms with Gasteiger partial charge in [-0.1, -0.05) is 30.3 Å². The molecule has 1 aromatic heterocycles. The fourth-order valence-corrected chi connectivity index (χ4v) is 2.78. The summed E-state index contributed by atoms with van der Waals surface area (Å²) in [5.41, 5.74) is 1.67. The molecule has 1 aliphatic carbocycles. The first-order valence-corrected chi connectivity index (χ1v) is 8.36. The number of aliphatic imine (C=N–C) groups is 1. The number of hydrogen-bond acceptors (Lipinski definition) is 2. The van der Waals surface area contributed by atoms with Crippen molar-refractivity contribution in [1.29, 1.82) is 0 Å². The third kappa shape index (κ3) is 4.96. The zero-order valence-electron chi connectivity index (χ0n) is 14.1. The van der Waals surface area contributed by atoms with Gasteiger partial charge in [-0.05, 0) is 25.3 Å². The fraction of sp³-hybridized carbons (Fsp3) is 0.444. The van der Waals surface area contributed by atoms with Crippen LogP contribution in [0.25, 0.3) is 0 Å². The van der Waals surface area contributed by atoms with E-state index >= 15 is 0 Å². The van der Waals surface area contributed by atoms with Crippen molar-refractivity contribution in [1.82, 2.24) is 20.2 Å². The van der Waals surface area contributed by atoms with Gasteiger partial charge in [0.2, 0.25) is 0 Å². The second-order valence-electron chi connectivity index (χ2n) is 6.07. The lowest BCUT2D eigenvalue weighted by molar-refractivity contribution is 0.653. The number of hydrogen-bond donors (Lipinski definition) is 2. The number of halogens is 1. The summed E-state index contributed by atoms with van der Waals surface area (Å²) in [4.78, 5) is 8.87. The first kappa shape index (κ1) is 18.8. The van der Waals surface area contributed by atoms with E-state index in [1.165, 1.54) is 18.4 Å². The van der Waals surface area contributed by atoms with E-state index in [0.717, 1.165) is 32.1 Å². The lowest BCUT2D eigenvalue weighted by Crippen LogP contribution is -2.39. The summed E-state index contributed by atoms with van der Waals surface area (Å²) in [6.07, 6.45) is 8.07. The number of nitrogens with one attached hydrogen (secondary N) is 2. The predicted molar refractivity (Wildman–Crippen MR) is 109 cm³/mol. The monoisotopic (exact) mass is 439 g/mol. The Labute approximate surface area is 161 Å². The minimum Gasteiger partial charge on any atom is -0.357 e. The number of rotatable bonds is 7. The maximum Gasteiger partial charge on any atom is 0.191 e. The second kappa shape index (κ2) is 9.05. The van der Waals surface area contributed by atoms with Gasteiger partial charge >= 0.3 is 0 Å². The summed E-state index contributed by atoms with van der Waals surface area (Å²) in [5, 5.41) is 6.73. The summed E-state index contributed by atoms with van der Waals surface area (Å²) in [6.45, 7) is 5.53. The second-order valence-corrected chi connectivity index (χ2v) is 6.07. The molecule has 0 amide bonds. The fourth-order valence-electron chi connectivity index (χ4n) is 2.78. The van der Waals surface area contributed by atoms with Crippen LogP contribution >= 0.6 is 24.0 Å². The van der Waals surface area contributed by atoms with Gasteiger partial charge in [-0.3, -0.25) is 4.99 Å². The summed E-state index contributed by atoms with van der Waals surface area (Å²) in [7, 11) is 0. The Bertz CT molecular complexity index is 620. The minimum atomic E-state index is 0. The lowest BCUT2D eigenvalue weighted by atomic mass is 9.96. The van der Waals surface area contributed by atoms with Crippen molar-refractivity contribution in [2.75, 3.05) is 19.6 Å². The Kier molecular flexibility index (Phi) is 7.08. The molecule has 5 nitrogen and oxygen atoms in total. The van der Waals surface area contributed by atoms with Crippen LogP contribution in [0.3, 0.4) is 0 Å². The Morgan fingerprint density at radius 1 is 1.25 bits per heavy atom. The van der Waals surface area contributed by atoms with E-state index in [9.17, 15) is 0 Å². The van der Waals surface area contributed by atoms with Crippen molar-refractivity contribution >= 4 is 29.9 Å². The highest BCUT2D eigenvalue weighted by Crippen LogP contribution is 2.48. The van der Waals surface area contributed by atoms with Gasteiger partial charge in [0.15, 0.2) is 5.96 Å². The van der Waals surface area contributed by atoms with Crippen LogP contribution in [0.15, 0.2) is 54.0 Å². The van der Waals surface area contributed by atoms with Gasteiger partial charge in [0.25, 0.3) is 0 Å². The maximum atomic E-state index is 4.81. The highest BCUT2D eigenvalue weighted by atomic mass is 127. The third-order valence-electron chi connectivity index (χ3n) is 4.35. The van der Waals surface area contributed by atoms with E-state index in [-0.39, 0.29) is 29.4 Å². The van der Waals surface area contributed by atoms with Crippen LogP contribution in [0, 0.1) is 0 Å². The van der Waals surface area contributed by atoms with Gasteiger partial charge in [0.05, 0.1) is 12.9 Å². The molecule has 3 rings (SSSR count).